The fraction of sp³-hybridized carbons (Fsp3) is 0.333. The van der Waals surface area contributed by atoms with Gasteiger partial charge in [-0.15, -0.1) is 0 Å². The van der Waals surface area contributed by atoms with Crippen LogP contribution in [-0.4, -0.2) is 17.2 Å². The van der Waals surface area contributed by atoms with Crippen LogP contribution in [0, 0.1) is 5.82 Å². The second kappa shape index (κ2) is 5.58. The van der Waals surface area contributed by atoms with Gasteiger partial charge in [0.1, 0.15) is 5.82 Å². The Kier molecular flexibility index (Phi) is 4.08. The maximum absolute atomic E-state index is 13.0. The topological polar surface area (TPSA) is 51.0 Å². The van der Waals surface area contributed by atoms with Crippen molar-refractivity contribution in [1.82, 2.24) is 15.5 Å². The molecule has 0 amide bonds. The number of rotatable bonds is 4. The molecule has 0 saturated carbocycles. The number of aromatic nitrogens is 2. The lowest BCUT2D eigenvalue weighted by Gasteiger charge is -2.06. The maximum atomic E-state index is 13.0. The van der Waals surface area contributed by atoms with Crippen LogP contribution < -0.4 is 5.32 Å². The van der Waals surface area contributed by atoms with Crippen LogP contribution in [0.1, 0.15) is 25.3 Å². The lowest BCUT2D eigenvalue weighted by atomic mass is 10.2. The van der Waals surface area contributed by atoms with Crippen LogP contribution in [0.5, 0.6) is 0 Å². The van der Waals surface area contributed by atoms with Crippen molar-refractivity contribution in [1.29, 1.82) is 0 Å². The summed E-state index contributed by atoms with van der Waals surface area (Å²) in [5, 5.41) is 7.00. The van der Waals surface area contributed by atoms with Crippen LogP contribution in [-0.2, 0) is 0 Å². The lowest BCUT2D eigenvalue weighted by Crippen LogP contribution is -2.15. The summed E-state index contributed by atoms with van der Waals surface area (Å²) in [6.45, 7) is 2.03. The van der Waals surface area contributed by atoms with Crippen molar-refractivity contribution < 1.29 is 8.91 Å². The van der Waals surface area contributed by atoms with E-state index in [4.69, 9.17) is 4.52 Å². The van der Waals surface area contributed by atoms with Crippen LogP contribution >= 0.6 is 15.9 Å². The Balaban J connectivity index is 2.34. The van der Waals surface area contributed by atoms with Gasteiger partial charge in [0.25, 0.3) is 0 Å². The lowest BCUT2D eigenvalue weighted by molar-refractivity contribution is 0.334. The van der Waals surface area contributed by atoms with E-state index in [1.807, 2.05) is 14.0 Å². The summed E-state index contributed by atoms with van der Waals surface area (Å²) >= 11 is 3.29. The van der Waals surface area contributed by atoms with E-state index in [2.05, 4.69) is 31.4 Å². The average Bonchev–Trinajstić information content (AvgIpc) is 2.80. The molecule has 1 N–H and O–H groups in total. The van der Waals surface area contributed by atoms with E-state index in [-0.39, 0.29) is 11.9 Å². The molecule has 6 heteroatoms. The van der Waals surface area contributed by atoms with Crippen molar-refractivity contribution in [3.63, 3.8) is 0 Å². The first-order chi connectivity index (χ1) is 8.65. The Labute approximate surface area is 113 Å². The van der Waals surface area contributed by atoms with Crippen LogP contribution in [0.3, 0.4) is 0 Å². The normalized spacial score (nSPS) is 12.7. The third-order valence-corrected chi connectivity index (χ3v) is 3.32. The summed E-state index contributed by atoms with van der Waals surface area (Å²) in [4.78, 5) is 4.32. The molecule has 2 rings (SSSR count). The van der Waals surface area contributed by atoms with Crippen molar-refractivity contribution in [2.45, 2.75) is 19.4 Å². The van der Waals surface area contributed by atoms with E-state index in [0.717, 1.165) is 6.42 Å². The molecule has 0 radical (unpaired) electrons. The molecule has 96 valence electrons. The van der Waals surface area contributed by atoms with E-state index >= 15 is 0 Å². The fourth-order valence-corrected chi connectivity index (χ4v) is 2.19. The van der Waals surface area contributed by atoms with Crippen molar-refractivity contribution in [3.8, 4) is 11.4 Å². The standard InChI is InChI=1S/C12H13BrFN3O/c1-3-10(15-2)12-16-11(17-18-12)8-5-4-7(14)6-9(8)13/h4-6,10,15H,3H2,1-2H3. The third kappa shape index (κ3) is 2.59. The first-order valence-corrected chi connectivity index (χ1v) is 6.41. The molecule has 1 heterocycles. The third-order valence-electron chi connectivity index (χ3n) is 2.67. The summed E-state index contributed by atoms with van der Waals surface area (Å²) in [7, 11) is 1.84. The molecule has 2 aromatic rings. The molecule has 1 aromatic heterocycles. The van der Waals surface area contributed by atoms with Gasteiger partial charge in [-0.1, -0.05) is 12.1 Å². The molecule has 0 aliphatic rings. The van der Waals surface area contributed by atoms with Gasteiger partial charge >= 0.3 is 0 Å². The molecule has 1 unspecified atom stereocenters. The van der Waals surface area contributed by atoms with Gasteiger partial charge in [-0.25, -0.2) is 4.39 Å². The fourth-order valence-electron chi connectivity index (χ4n) is 1.66. The van der Waals surface area contributed by atoms with Gasteiger partial charge in [0.05, 0.1) is 6.04 Å². The Hall–Kier alpha value is -1.27. The van der Waals surface area contributed by atoms with Gasteiger partial charge < -0.3 is 9.84 Å². The number of nitrogens with zero attached hydrogens (tertiary/aromatic N) is 2. The minimum absolute atomic E-state index is 0.0328. The maximum Gasteiger partial charge on any atom is 0.244 e. The number of halogens is 2. The van der Waals surface area contributed by atoms with Gasteiger partial charge in [-0.05, 0) is 47.6 Å². The van der Waals surface area contributed by atoms with Crippen molar-refractivity contribution in [2.75, 3.05) is 7.05 Å². The van der Waals surface area contributed by atoms with E-state index < -0.39 is 0 Å². The molecule has 4 nitrogen and oxygen atoms in total. The highest BCUT2D eigenvalue weighted by Crippen LogP contribution is 2.27. The van der Waals surface area contributed by atoms with Crippen LogP contribution in [0.2, 0.25) is 0 Å². The van der Waals surface area contributed by atoms with Gasteiger partial charge in [0, 0.05) is 10.0 Å². The largest absolute Gasteiger partial charge is 0.337 e. The van der Waals surface area contributed by atoms with E-state index in [9.17, 15) is 4.39 Å². The molecule has 1 atom stereocenters. The predicted octanol–water partition coefficient (Wildman–Crippen LogP) is 3.31. The number of hydrogen-bond acceptors (Lipinski definition) is 4. The van der Waals surface area contributed by atoms with Gasteiger partial charge in [0.15, 0.2) is 0 Å². The SMILES string of the molecule is CCC(NC)c1nc(-c2ccc(F)cc2Br)no1. The molecule has 18 heavy (non-hydrogen) atoms. The predicted molar refractivity (Wildman–Crippen MR) is 69.5 cm³/mol. The Morgan fingerprint density at radius 2 is 2.28 bits per heavy atom. The second-order valence-electron chi connectivity index (χ2n) is 3.83. The van der Waals surface area contributed by atoms with Crippen LogP contribution in [0.4, 0.5) is 4.39 Å². The van der Waals surface area contributed by atoms with Crippen LogP contribution in [0.15, 0.2) is 27.2 Å². The highest BCUT2D eigenvalue weighted by molar-refractivity contribution is 9.10. The minimum Gasteiger partial charge on any atom is -0.337 e. The quantitative estimate of drug-likeness (QED) is 0.941. The number of benzene rings is 1. The summed E-state index contributed by atoms with van der Waals surface area (Å²) in [6, 6.07) is 4.39. The molecular formula is C12H13BrFN3O. The molecule has 0 aliphatic heterocycles. The monoisotopic (exact) mass is 313 g/mol. The zero-order valence-corrected chi connectivity index (χ0v) is 11.7. The summed E-state index contributed by atoms with van der Waals surface area (Å²) in [5.74, 6) is 0.674. The Bertz CT molecular complexity index is 540. The van der Waals surface area contributed by atoms with Crippen LogP contribution in [0.25, 0.3) is 11.4 Å². The van der Waals surface area contributed by atoms with E-state index in [1.54, 1.807) is 6.07 Å². The first kappa shape index (κ1) is 13.2. The molecule has 0 spiro atoms. The minimum atomic E-state index is -0.309. The molecule has 0 bridgehead atoms. The first-order valence-electron chi connectivity index (χ1n) is 5.62. The van der Waals surface area contributed by atoms with Crippen molar-refractivity contribution >= 4 is 15.9 Å². The summed E-state index contributed by atoms with van der Waals surface area (Å²) < 4.78 is 18.8. The van der Waals surface area contributed by atoms with Gasteiger partial charge in [-0.2, -0.15) is 4.98 Å². The van der Waals surface area contributed by atoms with Gasteiger partial charge in [-0.3, -0.25) is 0 Å². The highest BCUT2D eigenvalue weighted by atomic mass is 79.9. The zero-order chi connectivity index (χ0) is 13.1. The smallest absolute Gasteiger partial charge is 0.244 e. The number of hydrogen-bond donors (Lipinski definition) is 1. The highest BCUT2D eigenvalue weighted by Gasteiger charge is 2.17. The van der Waals surface area contributed by atoms with Crippen molar-refractivity contribution in [2.24, 2.45) is 0 Å². The zero-order valence-electron chi connectivity index (χ0n) is 10.1. The average molecular weight is 314 g/mol. The molecule has 0 aliphatic carbocycles. The van der Waals surface area contributed by atoms with Gasteiger partial charge in [0.2, 0.25) is 11.7 Å². The number of nitrogens with one attached hydrogen (secondary N) is 1. The van der Waals surface area contributed by atoms with E-state index in [0.29, 0.717) is 21.8 Å². The van der Waals surface area contributed by atoms with Crippen molar-refractivity contribution in [3.05, 3.63) is 34.4 Å². The molecule has 1 aromatic carbocycles. The molecule has 0 saturated heterocycles. The van der Waals surface area contributed by atoms with E-state index in [1.165, 1.54) is 12.1 Å². The second-order valence-corrected chi connectivity index (χ2v) is 4.68. The summed E-state index contributed by atoms with van der Waals surface area (Å²) in [5.41, 5.74) is 0.706. The Morgan fingerprint density at radius 3 is 2.89 bits per heavy atom. The molecular weight excluding hydrogens is 301 g/mol. The molecule has 0 fully saturated rings. The summed E-state index contributed by atoms with van der Waals surface area (Å²) in [6.07, 6.45) is 0.850. The Morgan fingerprint density at radius 1 is 1.50 bits per heavy atom.